The number of nitrogens with zero attached hydrogens (tertiary/aromatic N) is 4. The highest BCUT2D eigenvalue weighted by Crippen LogP contribution is 2.25. The van der Waals surface area contributed by atoms with Crippen LogP contribution < -0.4 is 5.69 Å². The van der Waals surface area contributed by atoms with Gasteiger partial charge in [-0.1, -0.05) is 48.5 Å². The molecule has 0 saturated carbocycles. The molecule has 1 aliphatic rings. The van der Waals surface area contributed by atoms with Crippen molar-refractivity contribution >= 4 is 11.0 Å². The number of rotatable bonds is 9. The summed E-state index contributed by atoms with van der Waals surface area (Å²) in [6, 6.07) is 23.2. The van der Waals surface area contributed by atoms with Crippen LogP contribution in [0.5, 0.6) is 0 Å². The van der Waals surface area contributed by atoms with Gasteiger partial charge >= 0.3 is 5.69 Å². The Hall–Kier alpha value is -3.22. The fourth-order valence-corrected chi connectivity index (χ4v) is 5.16. The molecule has 34 heavy (non-hydrogen) atoms. The Balaban J connectivity index is 1.15. The standard InChI is InChI=1S/C28H33N5O/c34-28-30-26-11-4-5-12-27(26)33(28)25-13-18-31(19-14-25)16-7-17-32(21-23-8-2-1-3-9-23)22-24-10-6-15-29-20-24/h1-6,8-12,15,20,25H,7,13-14,16-19,21-22H2,(H,30,34). The normalized spacial score (nSPS) is 15.3. The Morgan fingerprint density at radius 2 is 1.65 bits per heavy atom. The third-order valence-electron chi connectivity index (χ3n) is 6.87. The van der Waals surface area contributed by atoms with E-state index >= 15 is 0 Å². The molecule has 1 N–H and O–H groups in total. The molecular weight excluding hydrogens is 422 g/mol. The summed E-state index contributed by atoms with van der Waals surface area (Å²) in [5.41, 5.74) is 4.58. The van der Waals surface area contributed by atoms with Crippen molar-refractivity contribution < 1.29 is 0 Å². The van der Waals surface area contributed by atoms with Gasteiger partial charge in [-0.15, -0.1) is 0 Å². The van der Waals surface area contributed by atoms with Gasteiger partial charge in [0.05, 0.1) is 11.0 Å². The largest absolute Gasteiger partial charge is 0.326 e. The number of likely N-dealkylation sites (tertiary alicyclic amines) is 1. The Labute approximate surface area is 200 Å². The van der Waals surface area contributed by atoms with Crippen LogP contribution in [0.1, 0.15) is 36.4 Å². The zero-order chi connectivity index (χ0) is 23.2. The summed E-state index contributed by atoms with van der Waals surface area (Å²) in [7, 11) is 0. The van der Waals surface area contributed by atoms with Crippen molar-refractivity contribution in [1.82, 2.24) is 24.3 Å². The second-order valence-electron chi connectivity index (χ2n) is 9.30. The predicted octanol–water partition coefficient (Wildman–Crippen LogP) is 4.45. The van der Waals surface area contributed by atoms with Gasteiger partial charge in [0.1, 0.15) is 0 Å². The first-order valence-electron chi connectivity index (χ1n) is 12.3. The van der Waals surface area contributed by atoms with Crippen molar-refractivity contribution in [1.29, 1.82) is 0 Å². The van der Waals surface area contributed by atoms with Gasteiger partial charge in [-0.25, -0.2) is 4.79 Å². The van der Waals surface area contributed by atoms with E-state index in [2.05, 4.69) is 56.2 Å². The Kier molecular flexibility index (Phi) is 7.17. The molecule has 0 radical (unpaired) electrons. The summed E-state index contributed by atoms with van der Waals surface area (Å²) in [4.78, 5) is 24.9. The number of aromatic amines is 1. The van der Waals surface area contributed by atoms with Crippen LogP contribution in [0.2, 0.25) is 0 Å². The van der Waals surface area contributed by atoms with Gasteiger partial charge in [0, 0.05) is 51.2 Å². The maximum atomic E-state index is 12.6. The molecule has 3 heterocycles. The average Bonchev–Trinajstić information content (AvgIpc) is 3.21. The molecule has 6 nitrogen and oxygen atoms in total. The van der Waals surface area contributed by atoms with Crippen molar-refractivity contribution in [2.24, 2.45) is 0 Å². The smallest absolute Gasteiger partial charge is 0.306 e. The van der Waals surface area contributed by atoms with Crippen molar-refractivity contribution in [3.8, 4) is 0 Å². The first-order valence-corrected chi connectivity index (χ1v) is 12.3. The minimum atomic E-state index is 0.0200. The molecule has 176 valence electrons. The molecule has 0 aliphatic carbocycles. The van der Waals surface area contributed by atoms with E-state index in [-0.39, 0.29) is 11.7 Å². The van der Waals surface area contributed by atoms with Gasteiger partial charge in [0.25, 0.3) is 0 Å². The molecule has 0 unspecified atom stereocenters. The molecule has 4 aromatic rings. The Bertz CT molecular complexity index is 1180. The topological polar surface area (TPSA) is 57.2 Å². The van der Waals surface area contributed by atoms with E-state index in [0.717, 1.165) is 69.6 Å². The van der Waals surface area contributed by atoms with Gasteiger partial charge in [0.2, 0.25) is 0 Å². The second-order valence-corrected chi connectivity index (χ2v) is 9.30. The maximum absolute atomic E-state index is 12.6. The van der Waals surface area contributed by atoms with E-state index in [9.17, 15) is 4.79 Å². The summed E-state index contributed by atoms with van der Waals surface area (Å²) >= 11 is 0. The van der Waals surface area contributed by atoms with Crippen LogP contribution in [0.4, 0.5) is 0 Å². The number of fused-ring (bicyclic) bond motifs is 1. The first kappa shape index (κ1) is 22.6. The van der Waals surface area contributed by atoms with Crippen molar-refractivity contribution in [3.63, 3.8) is 0 Å². The molecule has 0 amide bonds. The third kappa shape index (κ3) is 5.46. The number of para-hydroxylation sites is 2. The predicted molar refractivity (Wildman–Crippen MR) is 137 cm³/mol. The van der Waals surface area contributed by atoms with Gasteiger partial charge in [0.15, 0.2) is 0 Å². The van der Waals surface area contributed by atoms with E-state index < -0.39 is 0 Å². The lowest BCUT2D eigenvalue weighted by Gasteiger charge is -2.33. The van der Waals surface area contributed by atoms with E-state index in [0.29, 0.717) is 0 Å². The number of imidazole rings is 1. The van der Waals surface area contributed by atoms with Crippen molar-refractivity contribution in [2.75, 3.05) is 26.2 Å². The molecule has 5 rings (SSSR count). The number of hydrogen-bond acceptors (Lipinski definition) is 4. The number of H-pyrrole nitrogens is 1. The highest BCUT2D eigenvalue weighted by atomic mass is 16.1. The van der Waals surface area contributed by atoms with Gasteiger partial charge < -0.3 is 9.88 Å². The van der Waals surface area contributed by atoms with Crippen molar-refractivity contribution in [2.45, 2.75) is 38.4 Å². The molecule has 2 aromatic carbocycles. The summed E-state index contributed by atoms with van der Waals surface area (Å²) in [6.45, 7) is 6.07. The summed E-state index contributed by atoms with van der Waals surface area (Å²) in [5.74, 6) is 0. The average molecular weight is 456 g/mol. The van der Waals surface area contributed by atoms with E-state index in [1.165, 1.54) is 11.1 Å². The van der Waals surface area contributed by atoms with Crippen LogP contribution in [0.15, 0.2) is 83.9 Å². The number of piperidine rings is 1. The molecule has 1 aliphatic heterocycles. The molecule has 2 aromatic heterocycles. The van der Waals surface area contributed by atoms with Crippen LogP contribution in [0.3, 0.4) is 0 Å². The minimum absolute atomic E-state index is 0.0200. The molecule has 1 fully saturated rings. The Morgan fingerprint density at radius 3 is 2.44 bits per heavy atom. The van der Waals surface area contributed by atoms with E-state index in [1.807, 2.05) is 47.3 Å². The Morgan fingerprint density at radius 1 is 0.912 bits per heavy atom. The fraction of sp³-hybridized carbons (Fsp3) is 0.357. The van der Waals surface area contributed by atoms with Gasteiger partial charge in [-0.3, -0.25) is 14.5 Å². The zero-order valence-electron chi connectivity index (χ0n) is 19.6. The fourth-order valence-electron chi connectivity index (χ4n) is 5.16. The molecule has 6 heteroatoms. The van der Waals surface area contributed by atoms with Crippen LogP contribution in [0, 0.1) is 0 Å². The molecule has 0 bridgehead atoms. The second kappa shape index (κ2) is 10.8. The van der Waals surface area contributed by atoms with Crippen molar-refractivity contribution in [3.05, 3.63) is 101 Å². The van der Waals surface area contributed by atoms with Crippen LogP contribution in [0.25, 0.3) is 11.0 Å². The SMILES string of the molecule is O=c1[nH]c2ccccc2n1C1CCN(CCCN(Cc2ccccc2)Cc2cccnc2)CC1. The van der Waals surface area contributed by atoms with Gasteiger partial charge in [-0.05, 0) is 55.1 Å². The zero-order valence-corrected chi connectivity index (χ0v) is 19.6. The third-order valence-corrected chi connectivity index (χ3v) is 6.87. The van der Waals surface area contributed by atoms with Gasteiger partial charge in [-0.2, -0.15) is 0 Å². The van der Waals surface area contributed by atoms with Crippen LogP contribution in [-0.2, 0) is 13.1 Å². The number of benzene rings is 2. The molecular formula is C28H33N5O. The van der Waals surface area contributed by atoms with Crippen LogP contribution in [-0.4, -0.2) is 50.5 Å². The van der Waals surface area contributed by atoms with E-state index in [4.69, 9.17) is 0 Å². The molecule has 1 saturated heterocycles. The highest BCUT2D eigenvalue weighted by Gasteiger charge is 2.23. The lowest BCUT2D eigenvalue weighted by molar-refractivity contribution is 0.169. The number of aromatic nitrogens is 3. The lowest BCUT2D eigenvalue weighted by atomic mass is 10.0. The number of hydrogen-bond donors (Lipinski definition) is 1. The summed E-state index contributed by atoms with van der Waals surface area (Å²) in [5, 5.41) is 0. The van der Waals surface area contributed by atoms with Crippen LogP contribution >= 0.6 is 0 Å². The highest BCUT2D eigenvalue weighted by molar-refractivity contribution is 5.75. The minimum Gasteiger partial charge on any atom is -0.306 e. The first-order chi connectivity index (χ1) is 16.8. The number of pyridine rings is 1. The summed E-state index contributed by atoms with van der Waals surface area (Å²) < 4.78 is 1.97. The lowest BCUT2D eigenvalue weighted by Crippen LogP contribution is -2.38. The molecule has 0 atom stereocenters. The summed E-state index contributed by atoms with van der Waals surface area (Å²) in [6.07, 6.45) is 6.97. The van der Waals surface area contributed by atoms with E-state index in [1.54, 1.807) is 0 Å². The molecule has 0 spiro atoms. The monoisotopic (exact) mass is 455 g/mol. The number of nitrogens with one attached hydrogen (secondary N) is 1. The quantitative estimate of drug-likeness (QED) is 0.405. The maximum Gasteiger partial charge on any atom is 0.326 e.